The number of hydrogen-bond acceptors (Lipinski definition) is 6. The fourth-order valence-electron chi connectivity index (χ4n) is 8.03. The Morgan fingerprint density at radius 3 is 0.899 bits per heavy atom. The van der Waals surface area contributed by atoms with Gasteiger partial charge in [-0.25, -0.2) is 0 Å². The van der Waals surface area contributed by atoms with E-state index in [1.165, 1.54) is 135 Å². The molecule has 0 radical (unpaired) electrons. The number of rotatable bonds is 52. The van der Waals surface area contributed by atoms with Crippen molar-refractivity contribution in [2.75, 3.05) is 13.2 Å². The van der Waals surface area contributed by atoms with E-state index in [1.54, 1.807) is 0 Å². The third-order valence-electron chi connectivity index (χ3n) is 12.4. The number of carbonyl (C=O) groups excluding carboxylic acids is 3. The first-order valence-corrected chi connectivity index (χ1v) is 29.1. The molecule has 0 amide bonds. The average molecular weight is 962 g/mol. The third kappa shape index (κ3) is 55.4. The molecular weight excluding hydrogens is 853 g/mol. The van der Waals surface area contributed by atoms with Crippen molar-refractivity contribution in [3.8, 4) is 0 Å². The summed E-state index contributed by atoms with van der Waals surface area (Å²) in [5.41, 5.74) is 0. The van der Waals surface area contributed by atoms with Crippen molar-refractivity contribution in [3.63, 3.8) is 0 Å². The zero-order valence-corrected chi connectivity index (χ0v) is 45.3. The monoisotopic (exact) mass is 961 g/mol. The van der Waals surface area contributed by atoms with Crippen LogP contribution in [0.25, 0.3) is 0 Å². The van der Waals surface area contributed by atoms with Gasteiger partial charge < -0.3 is 14.2 Å². The highest BCUT2D eigenvalue weighted by molar-refractivity contribution is 5.71. The number of allylic oxidation sites excluding steroid dienone is 14. The van der Waals surface area contributed by atoms with Crippen molar-refractivity contribution < 1.29 is 28.6 Å². The highest BCUT2D eigenvalue weighted by Gasteiger charge is 2.19. The van der Waals surface area contributed by atoms with E-state index in [0.717, 1.165) is 103 Å². The zero-order valence-electron chi connectivity index (χ0n) is 45.3. The summed E-state index contributed by atoms with van der Waals surface area (Å²) in [6, 6.07) is 0. The molecule has 0 saturated heterocycles. The van der Waals surface area contributed by atoms with Crippen LogP contribution in [0.5, 0.6) is 0 Å². The van der Waals surface area contributed by atoms with Crippen LogP contribution in [0.15, 0.2) is 85.1 Å². The molecule has 0 spiro atoms. The molecule has 1 atom stereocenters. The lowest BCUT2D eigenvalue weighted by atomic mass is 10.1. The SMILES string of the molecule is CC/C=C\C/C=C\C/C=C\C/C=C\C/C=C\C/C=C\CCCCCCCCCCC(=O)OCC(COC(=O)CCCCCCCC)OC(=O)CCCCCCCCC/C=C\CCCCCCCCC. The first kappa shape index (κ1) is 65.6. The molecule has 0 aliphatic carbocycles. The van der Waals surface area contributed by atoms with Crippen LogP contribution in [0.3, 0.4) is 0 Å². The molecule has 0 saturated carbocycles. The zero-order chi connectivity index (χ0) is 50.0. The second-order valence-corrected chi connectivity index (χ2v) is 19.2. The Morgan fingerprint density at radius 1 is 0.304 bits per heavy atom. The maximum atomic E-state index is 12.8. The van der Waals surface area contributed by atoms with E-state index in [0.29, 0.717) is 19.3 Å². The Bertz CT molecular complexity index is 1330. The Balaban J connectivity index is 4.16. The molecule has 6 nitrogen and oxygen atoms in total. The predicted octanol–water partition coefficient (Wildman–Crippen LogP) is 19.5. The quantitative estimate of drug-likeness (QED) is 0.0262. The van der Waals surface area contributed by atoms with Gasteiger partial charge in [-0.15, -0.1) is 0 Å². The van der Waals surface area contributed by atoms with Crippen LogP contribution in [0.2, 0.25) is 0 Å². The van der Waals surface area contributed by atoms with E-state index in [4.69, 9.17) is 14.2 Å². The normalized spacial score (nSPS) is 12.7. The molecule has 0 bridgehead atoms. The summed E-state index contributed by atoms with van der Waals surface area (Å²) >= 11 is 0. The highest BCUT2D eigenvalue weighted by atomic mass is 16.6. The summed E-state index contributed by atoms with van der Waals surface area (Å²) in [6.45, 7) is 6.47. The molecule has 396 valence electrons. The number of hydrogen-bond donors (Lipinski definition) is 0. The van der Waals surface area contributed by atoms with E-state index < -0.39 is 6.10 Å². The van der Waals surface area contributed by atoms with E-state index in [1.807, 2.05) is 0 Å². The number of ether oxygens (including phenoxy) is 3. The Hall–Kier alpha value is -3.41. The van der Waals surface area contributed by atoms with Crippen molar-refractivity contribution >= 4 is 17.9 Å². The average Bonchev–Trinajstić information content (AvgIpc) is 3.35. The summed E-state index contributed by atoms with van der Waals surface area (Å²) < 4.78 is 16.8. The first-order chi connectivity index (χ1) is 34.0. The van der Waals surface area contributed by atoms with Crippen LogP contribution in [0.4, 0.5) is 0 Å². The van der Waals surface area contributed by atoms with Crippen LogP contribution in [0, 0.1) is 0 Å². The maximum absolute atomic E-state index is 12.8. The lowest BCUT2D eigenvalue weighted by Gasteiger charge is -2.18. The van der Waals surface area contributed by atoms with Crippen molar-refractivity contribution in [3.05, 3.63) is 85.1 Å². The summed E-state index contributed by atoms with van der Waals surface area (Å²) in [6.07, 6.45) is 74.6. The molecule has 0 N–H and O–H groups in total. The van der Waals surface area contributed by atoms with Gasteiger partial charge in [0.25, 0.3) is 0 Å². The molecule has 0 heterocycles. The minimum Gasteiger partial charge on any atom is -0.462 e. The van der Waals surface area contributed by atoms with Gasteiger partial charge in [0.05, 0.1) is 0 Å². The predicted molar refractivity (Wildman–Crippen MR) is 297 cm³/mol. The molecule has 0 fully saturated rings. The molecule has 0 aromatic rings. The van der Waals surface area contributed by atoms with E-state index >= 15 is 0 Å². The topological polar surface area (TPSA) is 78.9 Å². The van der Waals surface area contributed by atoms with Crippen molar-refractivity contribution in [2.24, 2.45) is 0 Å². The molecule has 6 heteroatoms. The van der Waals surface area contributed by atoms with E-state index in [2.05, 4.69) is 106 Å². The first-order valence-electron chi connectivity index (χ1n) is 29.1. The van der Waals surface area contributed by atoms with Gasteiger partial charge in [-0.1, -0.05) is 247 Å². The third-order valence-corrected chi connectivity index (χ3v) is 12.4. The minimum absolute atomic E-state index is 0.0800. The molecule has 1 unspecified atom stereocenters. The second-order valence-electron chi connectivity index (χ2n) is 19.2. The second kappa shape index (κ2) is 57.2. The van der Waals surface area contributed by atoms with Crippen LogP contribution < -0.4 is 0 Å². The number of esters is 3. The van der Waals surface area contributed by atoms with Gasteiger partial charge in [-0.05, 0) is 96.3 Å². The molecular formula is C63H108O6. The van der Waals surface area contributed by atoms with Crippen molar-refractivity contribution in [2.45, 2.75) is 284 Å². The van der Waals surface area contributed by atoms with Gasteiger partial charge in [-0.2, -0.15) is 0 Å². The number of carbonyl (C=O) groups is 3. The Kier molecular flexibility index (Phi) is 54.3. The molecule has 0 aliphatic heterocycles. The number of unbranched alkanes of at least 4 members (excludes halogenated alkanes) is 27. The largest absolute Gasteiger partial charge is 0.462 e. The Morgan fingerprint density at radius 2 is 0.565 bits per heavy atom. The fourth-order valence-corrected chi connectivity index (χ4v) is 8.03. The van der Waals surface area contributed by atoms with Crippen LogP contribution in [-0.4, -0.2) is 37.2 Å². The molecule has 0 aromatic heterocycles. The maximum Gasteiger partial charge on any atom is 0.306 e. The molecule has 69 heavy (non-hydrogen) atoms. The van der Waals surface area contributed by atoms with E-state index in [9.17, 15) is 14.4 Å². The smallest absolute Gasteiger partial charge is 0.306 e. The van der Waals surface area contributed by atoms with Gasteiger partial charge in [-0.3, -0.25) is 14.4 Å². The molecule has 0 aliphatic rings. The summed E-state index contributed by atoms with van der Waals surface area (Å²) in [7, 11) is 0. The van der Waals surface area contributed by atoms with Gasteiger partial charge in [0, 0.05) is 19.3 Å². The minimum atomic E-state index is -0.779. The van der Waals surface area contributed by atoms with Crippen LogP contribution in [0.1, 0.15) is 278 Å². The summed E-state index contributed by atoms with van der Waals surface area (Å²) in [4.78, 5) is 37.9. The van der Waals surface area contributed by atoms with Gasteiger partial charge >= 0.3 is 17.9 Å². The molecule has 0 aromatic carbocycles. The lowest BCUT2D eigenvalue weighted by molar-refractivity contribution is -0.167. The van der Waals surface area contributed by atoms with E-state index in [-0.39, 0.29) is 31.1 Å². The van der Waals surface area contributed by atoms with Gasteiger partial charge in [0.2, 0.25) is 0 Å². The standard InChI is InChI=1S/C63H108O6/c1-4-7-10-13-16-18-20-22-24-26-28-29-30-31-32-33-34-35-36-38-39-41-43-45-47-50-53-56-62(65)68-59-60(58-67-61(64)55-52-49-15-12-9-6-3)69-63(66)57-54-51-48-46-44-42-40-37-27-25-23-21-19-17-14-11-8-5-2/h7,10,16,18,22,24-25,27-29,31-32,34-35,60H,4-6,8-9,11-15,17,19-21,23,26,30,33,36-59H2,1-3H3/b10-7-,18-16-,24-22-,27-25-,29-28-,32-31-,35-34-. The van der Waals surface area contributed by atoms with Gasteiger partial charge in [0.15, 0.2) is 6.10 Å². The van der Waals surface area contributed by atoms with Crippen molar-refractivity contribution in [1.29, 1.82) is 0 Å². The summed E-state index contributed by atoms with van der Waals surface area (Å²) in [5, 5.41) is 0. The van der Waals surface area contributed by atoms with Crippen molar-refractivity contribution in [1.82, 2.24) is 0 Å². The Labute approximate surface area is 426 Å². The highest BCUT2D eigenvalue weighted by Crippen LogP contribution is 2.15. The fraction of sp³-hybridized carbons (Fsp3) is 0.730. The van der Waals surface area contributed by atoms with Gasteiger partial charge in [0.1, 0.15) is 13.2 Å². The van der Waals surface area contributed by atoms with Crippen LogP contribution in [-0.2, 0) is 28.6 Å². The lowest BCUT2D eigenvalue weighted by Crippen LogP contribution is -2.30. The van der Waals surface area contributed by atoms with Crippen LogP contribution >= 0.6 is 0 Å². The summed E-state index contributed by atoms with van der Waals surface area (Å²) in [5.74, 6) is -0.898. The molecule has 0 rings (SSSR count).